The highest BCUT2D eigenvalue weighted by Gasteiger charge is 2.30. The highest BCUT2D eigenvalue weighted by atomic mass is 16.3. The first kappa shape index (κ1) is 19.9. The Morgan fingerprint density at radius 1 is 1.25 bits per heavy atom. The lowest BCUT2D eigenvalue weighted by Gasteiger charge is -2.40. The van der Waals surface area contributed by atoms with Gasteiger partial charge in [0, 0.05) is 31.9 Å². The molecule has 2 N–H and O–H groups in total. The van der Waals surface area contributed by atoms with Crippen molar-refractivity contribution in [2.24, 2.45) is 0 Å². The van der Waals surface area contributed by atoms with Gasteiger partial charge in [0.15, 0.2) is 0 Å². The van der Waals surface area contributed by atoms with E-state index in [1.165, 1.54) is 5.56 Å². The van der Waals surface area contributed by atoms with Gasteiger partial charge in [-0.25, -0.2) is 4.79 Å². The number of nitrogens with zero attached hydrogens (tertiary/aromatic N) is 3. The Morgan fingerprint density at radius 3 is 2.71 bits per heavy atom. The van der Waals surface area contributed by atoms with E-state index in [4.69, 9.17) is 5.26 Å². The molecule has 6 nitrogen and oxygen atoms in total. The molecule has 0 saturated carbocycles. The summed E-state index contributed by atoms with van der Waals surface area (Å²) in [4.78, 5) is 16.8. The first-order valence-electron chi connectivity index (χ1n) is 9.62. The number of rotatable bonds is 5. The van der Waals surface area contributed by atoms with Gasteiger partial charge in [0.25, 0.3) is 0 Å². The molecule has 0 spiro atoms. The van der Waals surface area contributed by atoms with Gasteiger partial charge in [-0.3, -0.25) is 4.90 Å². The van der Waals surface area contributed by atoms with E-state index in [2.05, 4.69) is 28.4 Å². The molecule has 1 aliphatic heterocycles. The van der Waals surface area contributed by atoms with Crippen LogP contribution in [-0.4, -0.2) is 53.2 Å². The van der Waals surface area contributed by atoms with Crippen LogP contribution in [0.5, 0.6) is 0 Å². The fraction of sp³-hybridized carbons (Fsp3) is 0.364. The number of carbonyl (C=O) groups is 1. The highest BCUT2D eigenvalue weighted by molar-refractivity contribution is 5.90. The van der Waals surface area contributed by atoms with Crippen LogP contribution in [0.2, 0.25) is 0 Å². The van der Waals surface area contributed by atoms with Crippen LogP contribution in [0.1, 0.15) is 23.6 Å². The number of carbonyl (C=O) groups excluding carboxylic acids is 1. The number of piperazine rings is 1. The molecule has 146 valence electrons. The normalized spacial score (nSPS) is 17.2. The second kappa shape index (κ2) is 9.36. The minimum absolute atomic E-state index is 0.0767. The summed E-state index contributed by atoms with van der Waals surface area (Å²) in [6, 6.07) is 17.2. The average Bonchev–Trinajstić information content (AvgIpc) is 2.74. The van der Waals surface area contributed by atoms with Crippen molar-refractivity contribution in [2.45, 2.75) is 25.9 Å². The van der Waals surface area contributed by atoms with E-state index < -0.39 is 0 Å². The Bertz CT molecular complexity index is 847. The second-order valence-electron chi connectivity index (χ2n) is 7.02. The number of aryl methyl sites for hydroxylation is 1. The average molecular weight is 378 g/mol. The Hall–Kier alpha value is -2.88. The van der Waals surface area contributed by atoms with Crippen LogP contribution in [-0.2, 0) is 13.0 Å². The monoisotopic (exact) mass is 378 g/mol. The molecule has 1 unspecified atom stereocenters. The SMILES string of the molecule is CCc1cc(C#N)ccc1NC(=O)N1CCN(Cc2ccccc2)CC1CO. The van der Waals surface area contributed by atoms with Gasteiger partial charge in [-0.1, -0.05) is 37.3 Å². The smallest absolute Gasteiger partial charge is 0.322 e. The van der Waals surface area contributed by atoms with Crippen LogP contribution in [0.25, 0.3) is 0 Å². The second-order valence-corrected chi connectivity index (χ2v) is 7.02. The summed E-state index contributed by atoms with van der Waals surface area (Å²) in [6.45, 7) is 4.67. The van der Waals surface area contributed by atoms with E-state index in [-0.39, 0.29) is 18.7 Å². The molecule has 0 aromatic heterocycles. The molecule has 2 aromatic rings. The topological polar surface area (TPSA) is 79.6 Å². The Labute approximate surface area is 166 Å². The largest absolute Gasteiger partial charge is 0.394 e. The first-order chi connectivity index (χ1) is 13.6. The number of hydrogen-bond acceptors (Lipinski definition) is 4. The molecule has 6 heteroatoms. The van der Waals surface area contributed by atoms with Gasteiger partial charge in [-0.05, 0) is 35.7 Å². The molecule has 28 heavy (non-hydrogen) atoms. The molecular weight excluding hydrogens is 352 g/mol. The van der Waals surface area contributed by atoms with E-state index in [0.29, 0.717) is 18.7 Å². The summed E-state index contributed by atoms with van der Waals surface area (Å²) in [5.41, 5.74) is 3.45. The zero-order valence-electron chi connectivity index (χ0n) is 16.1. The molecule has 0 radical (unpaired) electrons. The van der Waals surface area contributed by atoms with Gasteiger partial charge in [-0.2, -0.15) is 5.26 Å². The lowest BCUT2D eigenvalue weighted by molar-refractivity contribution is 0.0623. The van der Waals surface area contributed by atoms with Crippen molar-refractivity contribution in [3.8, 4) is 6.07 Å². The van der Waals surface area contributed by atoms with Crippen LogP contribution in [0, 0.1) is 11.3 Å². The fourth-order valence-electron chi connectivity index (χ4n) is 3.59. The van der Waals surface area contributed by atoms with Gasteiger partial charge in [0.1, 0.15) is 0 Å². The quantitative estimate of drug-likeness (QED) is 0.838. The van der Waals surface area contributed by atoms with Crippen LogP contribution in [0.3, 0.4) is 0 Å². The molecule has 1 atom stereocenters. The Morgan fingerprint density at radius 2 is 2.04 bits per heavy atom. The maximum atomic E-state index is 12.8. The third-order valence-corrected chi connectivity index (χ3v) is 5.14. The number of anilines is 1. The van der Waals surface area contributed by atoms with Crippen LogP contribution in [0.4, 0.5) is 10.5 Å². The third kappa shape index (κ3) is 4.69. The maximum Gasteiger partial charge on any atom is 0.322 e. The molecule has 0 bridgehead atoms. The third-order valence-electron chi connectivity index (χ3n) is 5.14. The first-order valence-corrected chi connectivity index (χ1v) is 9.62. The molecule has 1 saturated heterocycles. The number of nitrogens with one attached hydrogen (secondary N) is 1. The Kier molecular flexibility index (Phi) is 6.64. The minimum atomic E-state index is -0.249. The van der Waals surface area contributed by atoms with Crippen LogP contribution in [0.15, 0.2) is 48.5 Å². The molecule has 1 aliphatic rings. The summed E-state index contributed by atoms with van der Waals surface area (Å²) in [5.74, 6) is 0. The number of amides is 2. The molecule has 2 amide bonds. The number of nitriles is 1. The van der Waals surface area contributed by atoms with Crippen molar-refractivity contribution < 1.29 is 9.90 Å². The summed E-state index contributed by atoms with van der Waals surface area (Å²) >= 11 is 0. The van der Waals surface area contributed by atoms with Crippen molar-refractivity contribution in [1.82, 2.24) is 9.80 Å². The number of aliphatic hydroxyl groups excluding tert-OH is 1. The number of urea groups is 1. The van der Waals surface area contributed by atoms with E-state index in [1.54, 1.807) is 23.1 Å². The van der Waals surface area contributed by atoms with Crippen molar-refractivity contribution in [1.29, 1.82) is 5.26 Å². The standard InChI is InChI=1S/C22H26N4O2/c1-2-19-12-18(13-23)8-9-21(19)24-22(28)26-11-10-25(15-20(26)16-27)14-17-6-4-3-5-7-17/h3-9,12,20,27H,2,10-11,14-16H2,1H3,(H,24,28). The molecule has 1 heterocycles. The molecular formula is C22H26N4O2. The number of benzene rings is 2. The van der Waals surface area contributed by atoms with Crippen molar-refractivity contribution in [3.63, 3.8) is 0 Å². The van der Waals surface area contributed by atoms with Gasteiger partial charge in [0.05, 0.1) is 24.3 Å². The van der Waals surface area contributed by atoms with Gasteiger partial charge in [-0.15, -0.1) is 0 Å². The van der Waals surface area contributed by atoms with E-state index in [0.717, 1.165) is 30.8 Å². The van der Waals surface area contributed by atoms with Crippen molar-refractivity contribution in [3.05, 3.63) is 65.2 Å². The van der Waals surface area contributed by atoms with Crippen molar-refractivity contribution in [2.75, 3.05) is 31.6 Å². The fourth-order valence-corrected chi connectivity index (χ4v) is 3.59. The van der Waals surface area contributed by atoms with E-state index in [1.807, 2.05) is 25.1 Å². The molecule has 3 rings (SSSR count). The molecule has 0 aliphatic carbocycles. The van der Waals surface area contributed by atoms with Gasteiger partial charge < -0.3 is 15.3 Å². The lowest BCUT2D eigenvalue weighted by Crippen LogP contribution is -2.57. The summed E-state index contributed by atoms with van der Waals surface area (Å²) in [6.07, 6.45) is 0.722. The maximum absolute atomic E-state index is 12.8. The van der Waals surface area contributed by atoms with Crippen molar-refractivity contribution >= 4 is 11.7 Å². The zero-order valence-corrected chi connectivity index (χ0v) is 16.1. The van der Waals surface area contributed by atoms with Crippen LogP contribution >= 0.6 is 0 Å². The Balaban J connectivity index is 1.65. The zero-order chi connectivity index (χ0) is 19.9. The summed E-state index contributed by atoms with van der Waals surface area (Å²) in [7, 11) is 0. The molecule has 2 aromatic carbocycles. The van der Waals surface area contributed by atoms with Gasteiger partial charge in [0.2, 0.25) is 0 Å². The summed E-state index contributed by atoms with van der Waals surface area (Å²) in [5, 5.41) is 21.9. The molecule has 1 fully saturated rings. The summed E-state index contributed by atoms with van der Waals surface area (Å²) < 4.78 is 0. The van der Waals surface area contributed by atoms with E-state index >= 15 is 0 Å². The highest BCUT2D eigenvalue weighted by Crippen LogP contribution is 2.20. The predicted octanol–water partition coefficient (Wildman–Crippen LogP) is 2.83. The minimum Gasteiger partial charge on any atom is -0.394 e. The van der Waals surface area contributed by atoms with Crippen LogP contribution < -0.4 is 5.32 Å². The van der Waals surface area contributed by atoms with Gasteiger partial charge >= 0.3 is 6.03 Å². The predicted molar refractivity (Wildman–Crippen MR) is 109 cm³/mol. The number of hydrogen-bond donors (Lipinski definition) is 2. The lowest BCUT2D eigenvalue weighted by atomic mass is 10.1. The number of aliphatic hydroxyl groups is 1. The van der Waals surface area contributed by atoms with E-state index in [9.17, 15) is 9.90 Å².